The molecule has 2 aliphatic heterocycles. The van der Waals surface area contributed by atoms with Crippen LogP contribution in [-0.2, 0) is 4.79 Å². The first-order valence-electron chi connectivity index (χ1n) is 5.81. The second-order valence-electron chi connectivity index (χ2n) is 4.28. The normalized spacial score (nSPS) is 26.0. The van der Waals surface area contributed by atoms with Crippen LogP contribution in [0.1, 0.15) is 10.9 Å². The Hall–Kier alpha value is -1.40. The third kappa shape index (κ3) is 2.13. The molecule has 2 atom stereocenters. The summed E-state index contributed by atoms with van der Waals surface area (Å²) in [6.07, 6.45) is 0. The number of carbonyl (C=O) groups excluding carboxylic acids is 1. The van der Waals surface area contributed by atoms with Gasteiger partial charge in [0, 0.05) is 5.56 Å². The van der Waals surface area contributed by atoms with Gasteiger partial charge in [-0.25, -0.2) is 0 Å². The Kier molecular flexibility index (Phi) is 3.05. The molecule has 2 heterocycles. The molecule has 0 bridgehead atoms. The highest BCUT2D eigenvalue weighted by atomic mass is 32.2. The molecule has 18 heavy (non-hydrogen) atoms. The van der Waals surface area contributed by atoms with Gasteiger partial charge in [-0.05, 0) is 18.2 Å². The molecule has 1 saturated heterocycles. The van der Waals surface area contributed by atoms with Crippen LogP contribution in [0, 0.1) is 0 Å². The molecule has 1 fully saturated rings. The van der Waals surface area contributed by atoms with Crippen LogP contribution in [-0.4, -0.2) is 31.0 Å². The molecule has 2 N–H and O–H groups in total. The lowest BCUT2D eigenvalue weighted by Gasteiger charge is -2.19. The second kappa shape index (κ2) is 4.70. The van der Waals surface area contributed by atoms with Gasteiger partial charge >= 0.3 is 0 Å². The zero-order valence-electron chi connectivity index (χ0n) is 9.63. The van der Waals surface area contributed by atoms with E-state index < -0.39 is 12.0 Å². The van der Waals surface area contributed by atoms with Crippen LogP contribution in [0.5, 0.6) is 11.5 Å². The van der Waals surface area contributed by atoms with Crippen molar-refractivity contribution in [2.24, 2.45) is 0 Å². The van der Waals surface area contributed by atoms with Gasteiger partial charge in [0.15, 0.2) is 16.9 Å². The molecule has 6 heteroatoms. The van der Waals surface area contributed by atoms with Crippen molar-refractivity contribution in [3.63, 3.8) is 0 Å². The van der Waals surface area contributed by atoms with E-state index in [4.69, 9.17) is 9.47 Å². The smallest absolute Gasteiger partial charge is 0.161 e. The number of carbonyl (C=O) groups is 1. The summed E-state index contributed by atoms with van der Waals surface area (Å²) in [7, 11) is 0. The minimum absolute atomic E-state index is 0.0868. The monoisotopic (exact) mass is 267 g/mol. The maximum Gasteiger partial charge on any atom is 0.161 e. The summed E-state index contributed by atoms with van der Waals surface area (Å²) < 4.78 is 11.0. The van der Waals surface area contributed by atoms with Crippen LogP contribution in [0.15, 0.2) is 18.2 Å². The quantitative estimate of drug-likeness (QED) is 0.735. The summed E-state index contributed by atoms with van der Waals surface area (Å²) in [5.41, 5.74) is 1.05. The third-order valence-electron chi connectivity index (χ3n) is 3.06. The summed E-state index contributed by atoms with van der Waals surface area (Å²) in [5, 5.41) is 12.7. The van der Waals surface area contributed by atoms with E-state index in [9.17, 15) is 9.90 Å². The summed E-state index contributed by atoms with van der Waals surface area (Å²) in [6.45, 7) is 1.13. The van der Waals surface area contributed by atoms with Gasteiger partial charge in [-0.3, -0.25) is 0 Å². The van der Waals surface area contributed by atoms with Crippen molar-refractivity contribution in [2.75, 3.05) is 19.0 Å². The van der Waals surface area contributed by atoms with Crippen molar-refractivity contribution in [1.29, 1.82) is 0 Å². The predicted octanol–water partition coefficient (Wildman–Crippen LogP) is -1.11. The molecular weight excluding hydrogens is 254 g/mol. The Bertz CT molecular complexity index is 479. The van der Waals surface area contributed by atoms with E-state index in [1.165, 1.54) is 0 Å². The molecule has 3 rings (SSSR count). The molecule has 5 nitrogen and oxygen atoms in total. The van der Waals surface area contributed by atoms with Crippen molar-refractivity contribution < 1.29 is 24.7 Å². The van der Waals surface area contributed by atoms with Crippen LogP contribution in [0.25, 0.3) is 0 Å². The lowest BCUT2D eigenvalue weighted by Crippen LogP contribution is -2.90. The van der Waals surface area contributed by atoms with Gasteiger partial charge in [-0.2, -0.15) is 0 Å². The minimum Gasteiger partial charge on any atom is -0.544 e. The number of thioether (sulfide) groups is 1. The van der Waals surface area contributed by atoms with E-state index in [1.54, 1.807) is 11.8 Å². The second-order valence-corrected chi connectivity index (χ2v) is 5.45. The molecule has 0 radical (unpaired) electrons. The van der Waals surface area contributed by atoms with Crippen LogP contribution in [0.3, 0.4) is 0 Å². The van der Waals surface area contributed by atoms with Crippen molar-refractivity contribution in [3.05, 3.63) is 23.8 Å². The number of ether oxygens (including phenoxy) is 2. The fraction of sp³-hybridized carbons (Fsp3) is 0.417. The molecule has 0 unspecified atom stereocenters. The van der Waals surface area contributed by atoms with E-state index >= 15 is 0 Å². The van der Waals surface area contributed by atoms with E-state index in [0.29, 0.717) is 19.0 Å². The lowest BCUT2D eigenvalue weighted by atomic mass is 10.2. The van der Waals surface area contributed by atoms with Gasteiger partial charge in [0.25, 0.3) is 0 Å². The van der Waals surface area contributed by atoms with Gasteiger partial charge in [-0.15, -0.1) is 0 Å². The molecule has 0 spiro atoms. The molecule has 0 amide bonds. The first-order valence-corrected chi connectivity index (χ1v) is 6.86. The van der Waals surface area contributed by atoms with Crippen LogP contribution in [0.4, 0.5) is 0 Å². The molecular formula is C12H13NO4S. The predicted molar refractivity (Wildman–Crippen MR) is 63.4 cm³/mol. The number of aliphatic carboxylic acids is 1. The van der Waals surface area contributed by atoms with Crippen LogP contribution < -0.4 is 19.9 Å². The number of nitrogens with two attached hydrogens (primary N) is 1. The highest BCUT2D eigenvalue weighted by molar-refractivity contribution is 7.99. The van der Waals surface area contributed by atoms with E-state index in [2.05, 4.69) is 0 Å². The van der Waals surface area contributed by atoms with Crippen LogP contribution in [0.2, 0.25) is 0 Å². The van der Waals surface area contributed by atoms with Crippen LogP contribution >= 0.6 is 11.8 Å². The highest BCUT2D eigenvalue weighted by Crippen LogP contribution is 2.35. The highest BCUT2D eigenvalue weighted by Gasteiger charge is 2.31. The fourth-order valence-electron chi connectivity index (χ4n) is 2.12. The number of hydrogen-bond acceptors (Lipinski definition) is 5. The minimum atomic E-state index is -0.998. The Morgan fingerprint density at radius 1 is 1.33 bits per heavy atom. The molecule has 1 aromatic rings. The molecule has 1 aromatic carbocycles. The third-order valence-corrected chi connectivity index (χ3v) is 4.40. The zero-order chi connectivity index (χ0) is 12.5. The summed E-state index contributed by atoms with van der Waals surface area (Å²) in [6, 6.07) is 5.30. The summed E-state index contributed by atoms with van der Waals surface area (Å²) in [5.74, 6) is 1.07. The van der Waals surface area contributed by atoms with Crippen molar-refractivity contribution >= 4 is 17.7 Å². The number of carboxylic acids is 1. The fourth-order valence-corrected chi connectivity index (χ4v) is 3.42. The average Bonchev–Trinajstić information content (AvgIpc) is 2.88. The lowest BCUT2D eigenvalue weighted by molar-refractivity contribution is -0.690. The average molecular weight is 267 g/mol. The summed E-state index contributed by atoms with van der Waals surface area (Å²) in [4.78, 5) is 10.8. The molecule has 96 valence electrons. The van der Waals surface area contributed by atoms with Crippen molar-refractivity contribution in [3.8, 4) is 11.5 Å². The summed E-state index contributed by atoms with van der Waals surface area (Å²) >= 11 is 1.61. The first-order chi connectivity index (χ1) is 8.74. The van der Waals surface area contributed by atoms with Crippen molar-refractivity contribution in [1.82, 2.24) is 0 Å². The van der Waals surface area contributed by atoms with Gasteiger partial charge in [0.05, 0.1) is 5.75 Å². The maximum atomic E-state index is 10.8. The zero-order valence-corrected chi connectivity index (χ0v) is 10.4. The standard InChI is InChI=1S/C12H13NO4S/c14-12(15)8-6-18-11(13-8)7-1-2-9-10(5-7)17-4-3-16-9/h1-2,5,8,11,13H,3-4,6H2,(H,14,15)/t8-,11-/m0/s1. The Morgan fingerprint density at radius 2 is 2.11 bits per heavy atom. The number of carboxylic acid groups (broad SMARTS) is 1. The Morgan fingerprint density at radius 3 is 2.83 bits per heavy atom. The van der Waals surface area contributed by atoms with Gasteiger partial charge in [0.2, 0.25) is 0 Å². The van der Waals surface area contributed by atoms with Gasteiger partial charge < -0.3 is 24.7 Å². The maximum absolute atomic E-state index is 10.8. The largest absolute Gasteiger partial charge is 0.544 e. The number of fused-ring (bicyclic) bond motifs is 1. The number of quaternary nitrogens is 1. The molecule has 0 aromatic heterocycles. The van der Waals surface area contributed by atoms with E-state index in [-0.39, 0.29) is 5.37 Å². The van der Waals surface area contributed by atoms with Gasteiger partial charge in [-0.1, -0.05) is 11.8 Å². The Balaban J connectivity index is 1.79. The van der Waals surface area contributed by atoms with E-state index in [1.807, 2.05) is 23.5 Å². The van der Waals surface area contributed by atoms with E-state index in [0.717, 1.165) is 17.1 Å². The SMILES string of the molecule is O=C([O-])[C@@H]1CS[C@@H](c2ccc3c(c2)OCCO3)[NH2+]1. The number of benzene rings is 1. The topological polar surface area (TPSA) is 75.2 Å². The first kappa shape index (κ1) is 11.7. The van der Waals surface area contributed by atoms with Crippen molar-refractivity contribution in [2.45, 2.75) is 11.4 Å². The molecule has 0 aliphatic carbocycles. The van der Waals surface area contributed by atoms with Gasteiger partial charge in [0.1, 0.15) is 25.2 Å². The molecule has 0 saturated carbocycles. The number of hydrogen-bond donors (Lipinski definition) is 1. The molecule has 2 aliphatic rings. The Labute approximate surface area is 108 Å². The number of rotatable bonds is 2.